The van der Waals surface area contributed by atoms with Gasteiger partial charge in [-0.2, -0.15) is 0 Å². The Morgan fingerprint density at radius 3 is 1.90 bits per heavy atom. The van der Waals surface area contributed by atoms with Crippen LogP contribution in [0.5, 0.6) is 0 Å². The van der Waals surface area contributed by atoms with E-state index in [0.29, 0.717) is 0 Å². The highest BCUT2D eigenvalue weighted by molar-refractivity contribution is 7.26. The van der Waals surface area contributed by atoms with Crippen molar-refractivity contribution >= 4 is 31.6 Å². The Hall–Kier alpha value is -5.38. The quantitative estimate of drug-likeness (QED) is 0.190. The molecule has 2 aromatic heterocycles. The fourth-order valence-corrected chi connectivity index (χ4v) is 9.80. The highest BCUT2D eigenvalue weighted by Crippen LogP contribution is 2.58. The molecule has 1 saturated carbocycles. The van der Waals surface area contributed by atoms with Crippen molar-refractivity contribution in [3.05, 3.63) is 157 Å². The summed E-state index contributed by atoms with van der Waals surface area (Å²) in [5, 5.41) is 1.18. The monoisotopic (exact) mass is 646 g/mol. The maximum Gasteiger partial charge on any atom is 0.160 e. The van der Waals surface area contributed by atoms with Gasteiger partial charge in [0.2, 0.25) is 0 Å². The molecule has 3 heteroatoms. The van der Waals surface area contributed by atoms with Crippen LogP contribution in [0, 0.1) is 0 Å². The normalized spacial score (nSPS) is 14.7. The summed E-state index contributed by atoms with van der Waals surface area (Å²) in [5.41, 5.74) is 15.4. The average molecular weight is 647 g/mol. The molecule has 234 valence electrons. The van der Waals surface area contributed by atoms with Crippen molar-refractivity contribution < 1.29 is 0 Å². The molecule has 2 nitrogen and oxygen atoms in total. The van der Waals surface area contributed by atoms with E-state index < -0.39 is 0 Å². The lowest BCUT2D eigenvalue weighted by Gasteiger charge is -2.37. The van der Waals surface area contributed by atoms with E-state index in [1.165, 1.54) is 75.6 Å². The summed E-state index contributed by atoms with van der Waals surface area (Å²) in [6, 6.07) is 53.1. The van der Waals surface area contributed by atoms with E-state index in [2.05, 4.69) is 127 Å². The van der Waals surface area contributed by atoms with E-state index in [0.717, 1.165) is 32.9 Å². The Morgan fingerprint density at radius 1 is 0.469 bits per heavy atom. The number of aromatic nitrogens is 2. The summed E-state index contributed by atoms with van der Waals surface area (Å²) in [7, 11) is 0. The SMILES string of the molecule is c1ccc(-c2nc(-c3ccc(-c4ccc(-c5cccc6c5C5(CCCCC5)c5ccccc5-6)cc4)cc3)c3sc4ccccc4c3n2)cc1. The molecule has 49 heavy (non-hydrogen) atoms. The van der Waals surface area contributed by atoms with Crippen LogP contribution in [0.15, 0.2) is 146 Å². The lowest BCUT2D eigenvalue weighted by molar-refractivity contribution is 0.353. The smallest absolute Gasteiger partial charge is 0.160 e. The molecule has 0 radical (unpaired) electrons. The Bertz CT molecular complexity index is 2500. The third-order valence-corrected chi connectivity index (χ3v) is 12.1. The molecule has 1 fully saturated rings. The third kappa shape index (κ3) is 4.53. The molecule has 1 spiro atoms. The molecule has 10 rings (SSSR count). The van der Waals surface area contributed by atoms with Gasteiger partial charge >= 0.3 is 0 Å². The summed E-state index contributed by atoms with van der Waals surface area (Å²) in [5.74, 6) is 0.761. The Morgan fingerprint density at radius 2 is 1.10 bits per heavy atom. The van der Waals surface area contributed by atoms with Crippen molar-refractivity contribution in [2.24, 2.45) is 0 Å². The van der Waals surface area contributed by atoms with E-state index in [-0.39, 0.29) is 5.41 Å². The fraction of sp³-hybridized carbons (Fsp3) is 0.130. The van der Waals surface area contributed by atoms with E-state index in [9.17, 15) is 0 Å². The predicted octanol–water partition coefficient (Wildman–Crippen LogP) is 12.7. The summed E-state index contributed by atoms with van der Waals surface area (Å²) < 4.78 is 2.36. The zero-order valence-electron chi connectivity index (χ0n) is 27.2. The van der Waals surface area contributed by atoms with Gasteiger partial charge in [0, 0.05) is 26.6 Å². The van der Waals surface area contributed by atoms with Gasteiger partial charge in [-0.1, -0.05) is 159 Å². The standard InChI is InChI=1S/C46H34N2S/c1-3-12-34(13-4-1)45-47-42(44-43(48-45)38-15-6-8-19-40(38)49-44)33-26-22-31(23-27-33)30-20-24-32(25-21-30)35-16-11-17-37-36-14-5-7-18-39(36)46(41(35)37)28-9-2-10-29-46/h1,3-8,11-27H,2,9-10,28-29H2. The Balaban J connectivity index is 1.02. The van der Waals surface area contributed by atoms with Gasteiger partial charge in [-0.25, -0.2) is 9.97 Å². The number of hydrogen-bond donors (Lipinski definition) is 0. The second-order valence-electron chi connectivity index (χ2n) is 13.6. The van der Waals surface area contributed by atoms with Crippen LogP contribution in [0.1, 0.15) is 43.2 Å². The van der Waals surface area contributed by atoms with Crippen LogP contribution in [-0.4, -0.2) is 9.97 Å². The first-order valence-corrected chi connectivity index (χ1v) is 18.3. The molecule has 8 aromatic rings. The summed E-state index contributed by atoms with van der Waals surface area (Å²) in [6.45, 7) is 0. The maximum atomic E-state index is 5.16. The van der Waals surface area contributed by atoms with Crippen molar-refractivity contribution in [2.75, 3.05) is 0 Å². The van der Waals surface area contributed by atoms with Crippen molar-refractivity contribution in [1.82, 2.24) is 9.97 Å². The van der Waals surface area contributed by atoms with Gasteiger partial charge in [-0.3, -0.25) is 0 Å². The van der Waals surface area contributed by atoms with Crippen LogP contribution in [0.2, 0.25) is 0 Å². The number of fused-ring (bicyclic) bond motifs is 8. The van der Waals surface area contributed by atoms with Crippen molar-refractivity contribution in [2.45, 2.75) is 37.5 Å². The molecule has 2 heterocycles. The minimum Gasteiger partial charge on any atom is -0.226 e. The topological polar surface area (TPSA) is 25.8 Å². The first kappa shape index (κ1) is 28.6. The molecule has 0 aliphatic heterocycles. The van der Waals surface area contributed by atoms with Crippen LogP contribution in [-0.2, 0) is 5.41 Å². The van der Waals surface area contributed by atoms with E-state index in [1.54, 1.807) is 22.5 Å². The highest BCUT2D eigenvalue weighted by atomic mass is 32.1. The molecule has 0 unspecified atom stereocenters. The van der Waals surface area contributed by atoms with Crippen LogP contribution in [0.25, 0.3) is 76.3 Å². The lowest BCUT2D eigenvalue weighted by atomic mass is 9.66. The number of hydrogen-bond acceptors (Lipinski definition) is 3. The van der Waals surface area contributed by atoms with Gasteiger partial charge in [0.1, 0.15) is 0 Å². The van der Waals surface area contributed by atoms with Crippen molar-refractivity contribution in [1.29, 1.82) is 0 Å². The predicted molar refractivity (Wildman–Crippen MR) is 206 cm³/mol. The number of nitrogens with zero attached hydrogens (tertiary/aromatic N) is 2. The molecule has 0 N–H and O–H groups in total. The van der Waals surface area contributed by atoms with Crippen LogP contribution < -0.4 is 0 Å². The van der Waals surface area contributed by atoms with Crippen molar-refractivity contribution in [3.8, 4) is 56.0 Å². The number of benzene rings is 6. The zero-order chi connectivity index (χ0) is 32.4. The van der Waals surface area contributed by atoms with Gasteiger partial charge in [-0.15, -0.1) is 11.3 Å². The van der Waals surface area contributed by atoms with E-state index in [1.807, 2.05) is 18.2 Å². The summed E-state index contributed by atoms with van der Waals surface area (Å²) in [6.07, 6.45) is 6.42. The van der Waals surface area contributed by atoms with Crippen molar-refractivity contribution in [3.63, 3.8) is 0 Å². The largest absolute Gasteiger partial charge is 0.226 e. The molecule has 0 bridgehead atoms. The first-order valence-electron chi connectivity index (χ1n) is 17.5. The zero-order valence-corrected chi connectivity index (χ0v) is 28.0. The van der Waals surface area contributed by atoms with Gasteiger partial charge in [0.05, 0.1) is 15.9 Å². The minimum absolute atomic E-state index is 0.135. The van der Waals surface area contributed by atoms with Gasteiger partial charge in [-0.05, 0) is 63.4 Å². The van der Waals surface area contributed by atoms with E-state index >= 15 is 0 Å². The Labute approximate surface area is 290 Å². The molecular weight excluding hydrogens is 613 g/mol. The molecule has 0 atom stereocenters. The fourth-order valence-electron chi connectivity index (χ4n) is 8.64. The van der Waals surface area contributed by atoms with Gasteiger partial charge < -0.3 is 0 Å². The molecule has 6 aromatic carbocycles. The second-order valence-corrected chi connectivity index (χ2v) is 14.7. The van der Waals surface area contributed by atoms with E-state index in [4.69, 9.17) is 9.97 Å². The molecular formula is C46H34N2S. The average Bonchev–Trinajstić information content (AvgIpc) is 3.69. The Kier molecular flexibility index (Phi) is 6.63. The van der Waals surface area contributed by atoms with Crippen LogP contribution in [0.4, 0.5) is 0 Å². The first-order chi connectivity index (χ1) is 24.3. The molecule has 2 aliphatic carbocycles. The number of rotatable bonds is 4. The third-order valence-electron chi connectivity index (χ3n) is 10.9. The van der Waals surface area contributed by atoms with Gasteiger partial charge in [0.15, 0.2) is 5.82 Å². The highest BCUT2D eigenvalue weighted by Gasteiger charge is 2.45. The minimum atomic E-state index is 0.135. The summed E-state index contributed by atoms with van der Waals surface area (Å²) >= 11 is 1.77. The summed E-state index contributed by atoms with van der Waals surface area (Å²) in [4.78, 5) is 10.2. The van der Waals surface area contributed by atoms with Gasteiger partial charge in [0.25, 0.3) is 0 Å². The second kappa shape index (κ2) is 11.4. The van der Waals surface area contributed by atoms with Crippen LogP contribution >= 0.6 is 11.3 Å². The maximum absolute atomic E-state index is 5.16. The van der Waals surface area contributed by atoms with Crippen LogP contribution in [0.3, 0.4) is 0 Å². The molecule has 0 saturated heterocycles. The molecule has 0 amide bonds. The lowest BCUT2D eigenvalue weighted by Crippen LogP contribution is -2.28. The number of thiophene rings is 1. The molecule has 2 aliphatic rings.